The average molecular weight is 80.1 g/mol. The number of rotatable bonds is 0. The normalized spacial score (nSPS) is 32.3. The molecular weight excluding hydrogens is 74.1 g/mol. The van der Waals surface area contributed by atoms with Crippen molar-refractivity contribution in [2.24, 2.45) is 5.92 Å². The van der Waals surface area contributed by atoms with Crippen molar-refractivity contribution in [3.05, 3.63) is 5.92 Å². The quantitative estimate of drug-likeness (QED) is 0.427. The van der Waals surface area contributed by atoms with E-state index in [-0.39, 0.29) is 0 Å². The fourth-order valence-corrected chi connectivity index (χ4v) is 0.427. The highest BCUT2D eigenvalue weighted by molar-refractivity contribution is 5.27. The Morgan fingerprint density at radius 2 is 2.50 bits per heavy atom. The van der Waals surface area contributed by atoms with Crippen LogP contribution < -0.4 is 0 Å². The first-order chi connectivity index (χ1) is 2.84. The fourth-order valence-electron chi connectivity index (χ4n) is 0.427. The van der Waals surface area contributed by atoms with Crippen LogP contribution in [-0.4, -0.2) is 0 Å². The molecule has 1 saturated carbocycles. The van der Waals surface area contributed by atoms with Gasteiger partial charge in [-0.15, -0.1) is 0 Å². The molecule has 0 aliphatic heterocycles. The van der Waals surface area contributed by atoms with E-state index >= 15 is 0 Å². The number of hydrogen-bond donors (Lipinski definition) is 0. The first-order valence-electron chi connectivity index (χ1n) is 2.10. The van der Waals surface area contributed by atoms with Gasteiger partial charge in [-0.1, -0.05) is 6.92 Å². The molecule has 31 valence electrons. The molecule has 0 heterocycles. The first-order valence-corrected chi connectivity index (χ1v) is 2.10. The van der Waals surface area contributed by atoms with Gasteiger partial charge >= 0.3 is 0 Å². The van der Waals surface area contributed by atoms with Crippen molar-refractivity contribution in [1.82, 2.24) is 0 Å². The van der Waals surface area contributed by atoms with Gasteiger partial charge in [-0.3, -0.25) is 0 Å². The Balaban J connectivity index is 2.31. The highest BCUT2D eigenvalue weighted by atomic mass is 14.4. The Bertz CT molecular complexity index is 90.6. The lowest BCUT2D eigenvalue weighted by atomic mass is 10.4. The zero-order chi connectivity index (χ0) is 4.57. The summed E-state index contributed by atoms with van der Waals surface area (Å²) in [5.41, 5.74) is 0. The van der Waals surface area contributed by atoms with Crippen LogP contribution >= 0.6 is 0 Å². The van der Waals surface area contributed by atoms with E-state index in [1.165, 1.54) is 0 Å². The van der Waals surface area contributed by atoms with Crippen molar-refractivity contribution in [2.75, 3.05) is 0 Å². The lowest BCUT2D eigenvalue weighted by Crippen LogP contribution is -1.60. The maximum Gasteiger partial charge on any atom is 0.0791 e. The molecule has 0 saturated heterocycles. The van der Waals surface area contributed by atoms with E-state index < -0.39 is 0 Å². The summed E-state index contributed by atoms with van der Waals surface area (Å²) in [6.07, 6.45) is 1.05. The lowest BCUT2D eigenvalue weighted by molar-refractivity contribution is 1.00. The van der Waals surface area contributed by atoms with Gasteiger partial charge in [0.1, 0.15) is 0 Å². The van der Waals surface area contributed by atoms with Gasteiger partial charge in [0.05, 0.1) is 12.0 Å². The minimum Gasteiger partial charge on any atom is -0.198 e. The van der Waals surface area contributed by atoms with Gasteiger partial charge in [0.2, 0.25) is 0 Å². The van der Waals surface area contributed by atoms with Crippen molar-refractivity contribution in [2.45, 2.75) is 13.3 Å². The van der Waals surface area contributed by atoms with Crippen molar-refractivity contribution in [3.63, 3.8) is 0 Å². The second kappa shape index (κ2) is 0.975. The third-order valence-corrected chi connectivity index (χ3v) is 1.10. The van der Waals surface area contributed by atoms with Crippen LogP contribution in [0.4, 0.5) is 0 Å². The van der Waals surface area contributed by atoms with Crippen molar-refractivity contribution in [1.29, 1.82) is 5.26 Å². The summed E-state index contributed by atoms with van der Waals surface area (Å²) in [6, 6.07) is 2.11. The third kappa shape index (κ3) is 0.386. The van der Waals surface area contributed by atoms with E-state index in [1.54, 1.807) is 0 Å². The average Bonchev–Trinajstić information content (AvgIpc) is 2.19. The molecule has 0 spiro atoms. The van der Waals surface area contributed by atoms with Crippen LogP contribution in [-0.2, 0) is 0 Å². The Kier molecular flexibility index (Phi) is 0.597. The van der Waals surface area contributed by atoms with Crippen LogP contribution in [0.1, 0.15) is 13.3 Å². The third-order valence-electron chi connectivity index (χ3n) is 1.10. The minimum atomic E-state index is 0.620. The first kappa shape index (κ1) is 3.67. The van der Waals surface area contributed by atoms with Gasteiger partial charge in [-0.2, -0.15) is 5.26 Å². The van der Waals surface area contributed by atoms with E-state index in [9.17, 15) is 0 Å². The zero-order valence-corrected chi connectivity index (χ0v) is 3.73. The molecule has 0 N–H and O–H groups in total. The van der Waals surface area contributed by atoms with Gasteiger partial charge in [-0.25, -0.2) is 0 Å². The summed E-state index contributed by atoms with van der Waals surface area (Å²) in [6.45, 7) is 2.07. The lowest BCUT2D eigenvalue weighted by Gasteiger charge is -1.63. The van der Waals surface area contributed by atoms with Gasteiger partial charge in [-0.05, 0) is 12.3 Å². The molecule has 6 heavy (non-hydrogen) atoms. The van der Waals surface area contributed by atoms with Crippen molar-refractivity contribution in [3.8, 4) is 6.07 Å². The van der Waals surface area contributed by atoms with Gasteiger partial charge in [0, 0.05) is 0 Å². The molecule has 0 aromatic heterocycles. The summed E-state index contributed by atoms with van der Waals surface area (Å²) >= 11 is 0. The molecule has 1 aliphatic rings. The van der Waals surface area contributed by atoms with Crippen LogP contribution in [0.2, 0.25) is 0 Å². The number of nitrogens with zero attached hydrogens (tertiary/aromatic N) is 1. The van der Waals surface area contributed by atoms with Crippen molar-refractivity contribution < 1.29 is 0 Å². The molecule has 0 aromatic carbocycles. The molecule has 0 bridgehead atoms. The summed E-state index contributed by atoms with van der Waals surface area (Å²) < 4.78 is 0. The topological polar surface area (TPSA) is 23.8 Å². The molecule has 1 atom stereocenters. The smallest absolute Gasteiger partial charge is 0.0791 e. The minimum absolute atomic E-state index is 0.620. The van der Waals surface area contributed by atoms with Gasteiger partial charge in [0.15, 0.2) is 0 Å². The van der Waals surface area contributed by atoms with E-state index in [4.69, 9.17) is 5.26 Å². The maximum atomic E-state index is 8.09. The Morgan fingerprint density at radius 3 is 2.50 bits per heavy atom. The predicted octanol–water partition coefficient (Wildman–Crippen LogP) is 1.12. The standard InChI is InChI=1S/C5H6N/c1-4-2-5(4)3-6/h4H,2H2,1H3/t4-/m0/s1. The van der Waals surface area contributed by atoms with Crippen LogP contribution in [0.25, 0.3) is 0 Å². The SMILES string of the molecule is C[C@H]1C[C]1C#N. The van der Waals surface area contributed by atoms with E-state index in [2.05, 4.69) is 13.0 Å². The Labute approximate surface area is 37.6 Å². The molecule has 1 nitrogen and oxygen atoms in total. The molecule has 0 amide bonds. The molecule has 1 fully saturated rings. The predicted molar refractivity (Wildman–Crippen MR) is 22.6 cm³/mol. The van der Waals surface area contributed by atoms with Crippen LogP contribution in [0.3, 0.4) is 0 Å². The molecule has 1 rings (SSSR count). The maximum absolute atomic E-state index is 8.09. The van der Waals surface area contributed by atoms with Gasteiger partial charge in [0.25, 0.3) is 0 Å². The highest BCUT2D eigenvalue weighted by Crippen LogP contribution is 2.38. The van der Waals surface area contributed by atoms with Crippen LogP contribution in [0.15, 0.2) is 0 Å². The molecule has 0 aromatic rings. The van der Waals surface area contributed by atoms with Crippen molar-refractivity contribution >= 4 is 0 Å². The van der Waals surface area contributed by atoms with Gasteiger partial charge < -0.3 is 0 Å². The van der Waals surface area contributed by atoms with Crippen LogP contribution in [0.5, 0.6) is 0 Å². The van der Waals surface area contributed by atoms with E-state index in [0.717, 1.165) is 12.3 Å². The fraction of sp³-hybridized carbons (Fsp3) is 0.600. The summed E-state index contributed by atoms with van der Waals surface area (Å²) in [5.74, 6) is 1.69. The number of hydrogen-bond acceptors (Lipinski definition) is 1. The van der Waals surface area contributed by atoms with E-state index in [0.29, 0.717) is 5.92 Å². The largest absolute Gasteiger partial charge is 0.198 e. The van der Waals surface area contributed by atoms with E-state index in [1.807, 2.05) is 0 Å². The molecular formula is C5H6N. The summed E-state index contributed by atoms with van der Waals surface area (Å²) in [5, 5.41) is 8.09. The molecule has 1 heteroatoms. The number of nitriles is 1. The Hall–Kier alpha value is -0.510. The second-order valence-corrected chi connectivity index (χ2v) is 1.74. The Morgan fingerprint density at radius 1 is 2.00 bits per heavy atom. The monoisotopic (exact) mass is 80.1 g/mol. The molecule has 1 aliphatic carbocycles. The summed E-state index contributed by atoms with van der Waals surface area (Å²) in [7, 11) is 0. The molecule has 1 radical (unpaired) electrons. The summed E-state index contributed by atoms with van der Waals surface area (Å²) in [4.78, 5) is 0. The second-order valence-electron chi connectivity index (χ2n) is 1.74. The van der Waals surface area contributed by atoms with Crippen LogP contribution in [0, 0.1) is 23.2 Å². The highest BCUT2D eigenvalue weighted by Gasteiger charge is 2.33. The zero-order valence-electron chi connectivity index (χ0n) is 3.73. The molecule has 0 unspecified atom stereocenters.